The van der Waals surface area contributed by atoms with E-state index in [2.05, 4.69) is 12.2 Å². The van der Waals surface area contributed by atoms with E-state index < -0.39 is 6.17 Å². The number of alkyl halides is 1. The van der Waals surface area contributed by atoms with Crippen LogP contribution in [0.5, 0.6) is 0 Å². The molecule has 0 bridgehead atoms. The van der Waals surface area contributed by atoms with Crippen molar-refractivity contribution in [3.05, 3.63) is 0 Å². The van der Waals surface area contributed by atoms with Crippen LogP contribution in [-0.4, -0.2) is 18.8 Å². The van der Waals surface area contributed by atoms with Crippen molar-refractivity contribution in [2.45, 2.75) is 51.2 Å². The van der Waals surface area contributed by atoms with Gasteiger partial charge in [0.05, 0.1) is 0 Å². The van der Waals surface area contributed by atoms with Gasteiger partial charge in [0, 0.05) is 6.04 Å². The summed E-state index contributed by atoms with van der Waals surface area (Å²) in [5.41, 5.74) is 0. The van der Waals surface area contributed by atoms with Crippen molar-refractivity contribution < 1.29 is 4.39 Å². The Morgan fingerprint density at radius 2 is 2.09 bits per heavy atom. The number of nitrogens with one attached hydrogen (secondary N) is 1. The van der Waals surface area contributed by atoms with Crippen LogP contribution >= 0.6 is 0 Å². The van der Waals surface area contributed by atoms with Gasteiger partial charge in [0.2, 0.25) is 0 Å². The van der Waals surface area contributed by atoms with Crippen LogP contribution in [0.4, 0.5) is 4.39 Å². The normalized spacial score (nSPS) is 32.2. The molecule has 2 heteroatoms. The van der Waals surface area contributed by atoms with Crippen molar-refractivity contribution in [1.82, 2.24) is 5.32 Å². The molecule has 0 spiro atoms. The third kappa shape index (κ3) is 2.78. The lowest BCUT2D eigenvalue weighted by molar-refractivity contribution is 0.190. The van der Waals surface area contributed by atoms with Crippen LogP contribution in [0, 0.1) is 0 Å². The van der Waals surface area contributed by atoms with Gasteiger partial charge in [-0.25, -0.2) is 4.39 Å². The maximum Gasteiger partial charge on any atom is 0.115 e. The lowest BCUT2D eigenvalue weighted by Gasteiger charge is -2.26. The Hall–Kier alpha value is -0.110. The molecular formula is C9H18FN. The second kappa shape index (κ2) is 4.70. The van der Waals surface area contributed by atoms with Gasteiger partial charge in [-0.05, 0) is 25.8 Å². The highest BCUT2D eigenvalue weighted by Crippen LogP contribution is 2.20. The molecule has 0 unspecified atom stereocenters. The number of halogens is 1. The van der Waals surface area contributed by atoms with Gasteiger partial charge < -0.3 is 5.32 Å². The summed E-state index contributed by atoms with van der Waals surface area (Å²) in [6, 6.07) is 0.156. The average molecular weight is 159 g/mol. The van der Waals surface area contributed by atoms with E-state index in [1.807, 2.05) is 0 Å². The first-order chi connectivity index (χ1) is 5.34. The zero-order chi connectivity index (χ0) is 8.10. The molecule has 0 saturated heterocycles. The predicted molar refractivity (Wildman–Crippen MR) is 45.4 cm³/mol. The van der Waals surface area contributed by atoms with E-state index in [1.165, 1.54) is 6.42 Å². The third-order valence-corrected chi connectivity index (χ3v) is 2.34. The van der Waals surface area contributed by atoms with Crippen LogP contribution in [0.2, 0.25) is 0 Å². The third-order valence-electron chi connectivity index (χ3n) is 2.34. The summed E-state index contributed by atoms with van der Waals surface area (Å²) in [6.45, 7) is 3.08. The van der Waals surface area contributed by atoms with Gasteiger partial charge in [0.25, 0.3) is 0 Å². The average Bonchev–Trinajstić information content (AvgIpc) is 2.03. The summed E-state index contributed by atoms with van der Waals surface area (Å²) in [5.74, 6) is 0. The van der Waals surface area contributed by atoms with E-state index >= 15 is 0 Å². The fourth-order valence-corrected chi connectivity index (χ4v) is 1.65. The van der Waals surface area contributed by atoms with Gasteiger partial charge in [-0.15, -0.1) is 0 Å². The van der Waals surface area contributed by atoms with Crippen LogP contribution in [0.3, 0.4) is 0 Å². The van der Waals surface area contributed by atoms with Gasteiger partial charge in [-0.1, -0.05) is 19.8 Å². The molecule has 1 aliphatic carbocycles. The van der Waals surface area contributed by atoms with Crippen LogP contribution in [0.25, 0.3) is 0 Å². The van der Waals surface area contributed by atoms with E-state index in [0.29, 0.717) is 0 Å². The zero-order valence-corrected chi connectivity index (χ0v) is 7.28. The topological polar surface area (TPSA) is 12.0 Å². The van der Waals surface area contributed by atoms with Crippen molar-refractivity contribution in [2.24, 2.45) is 0 Å². The maximum absolute atomic E-state index is 13.1. The summed E-state index contributed by atoms with van der Waals surface area (Å²) in [4.78, 5) is 0. The second-order valence-corrected chi connectivity index (χ2v) is 3.36. The molecule has 1 aliphatic rings. The molecule has 0 amide bonds. The monoisotopic (exact) mass is 159 g/mol. The Bertz CT molecular complexity index is 106. The zero-order valence-electron chi connectivity index (χ0n) is 7.28. The molecule has 0 heterocycles. The molecule has 1 fully saturated rings. The number of hydrogen-bond acceptors (Lipinski definition) is 1. The second-order valence-electron chi connectivity index (χ2n) is 3.36. The van der Waals surface area contributed by atoms with Gasteiger partial charge in [-0.2, -0.15) is 0 Å². The van der Waals surface area contributed by atoms with Crippen molar-refractivity contribution in [2.75, 3.05) is 6.54 Å². The van der Waals surface area contributed by atoms with Gasteiger partial charge in [0.1, 0.15) is 6.17 Å². The van der Waals surface area contributed by atoms with Gasteiger partial charge in [0.15, 0.2) is 0 Å². The van der Waals surface area contributed by atoms with E-state index in [9.17, 15) is 4.39 Å². The van der Waals surface area contributed by atoms with Crippen molar-refractivity contribution in [3.63, 3.8) is 0 Å². The van der Waals surface area contributed by atoms with Gasteiger partial charge in [-0.3, -0.25) is 0 Å². The smallest absolute Gasteiger partial charge is 0.115 e. The molecule has 1 rings (SSSR count). The largest absolute Gasteiger partial charge is 0.311 e. The minimum atomic E-state index is -0.588. The van der Waals surface area contributed by atoms with Crippen molar-refractivity contribution in [1.29, 1.82) is 0 Å². The lowest BCUT2D eigenvalue weighted by atomic mass is 9.93. The highest BCUT2D eigenvalue weighted by molar-refractivity contribution is 4.80. The molecule has 11 heavy (non-hydrogen) atoms. The Morgan fingerprint density at radius 3 is 2.73 bits per heavy atom. The van der Waals surface area contributed by atoms with E-state index in [4.69, 9.17) is 0 Å². The summed E-state index contributed by atoms with van der Waals surface area (Å²) in [7, 11) is 0. The van der Waals surface area contributed by atoms with E-state index in [1.54, 1.807) is 0 Å². The molecular weight excluding hydrogens is 141 g/mol. The van der Waals surface area contributed by atoms with E-state index in [0.717, 1.165) is 32.2 Å². The summed E-state index contributed by atoms with van der Waals surface area (Å²) < 4.78 is 13.1. The Kier molecular flexibility index (Phi) is 3.84. The minimum absolute atomic E-state index is 0.156. The molecule has 1 saturated carbocycles. The Balaban J connectivity index is 2.18. The first kappa shape index (κ1) is 8.98. The van der Waals surface area contributed by atoms with Gasteiger partial charge >= 0.3 is 0 Å². The molecule has 0 aliphatic heterocycles. The first-order valence-corrected chi connectivity index (χ1v) is 4.72. The molecule has 1 N–H and O–H groups in total. The molecule has 2 atom stereocenters. The SMILES string of the molecule is CCCN[C@@H]1CCCC[C@H]1F. The molecule has 0 aromatic heterocycles. The Labute approximate surface area is 68.4 Å². The van der Waals surface area contributed by atoms with Crippen LogP contribution in [0.1, 0.15) is 39.0 Å². The number of hydrogen-bond donors (Lipinski definition) is 1. The van der Waals surface area contributed by atoms with E-state index in [-0.39, 0.29) is 6.04 Å². The Morgan fingerprint density at radius 1 is 1.36 bits per heavy atom. The quantitative estimate of drug-likeness (QED) is 0.666. The molecule has 0 radical (unpaired) electrons. The molecule has 1 nitrogen and oxygen atoms in total. The molecule has 66 valence electrons. The fraction of sp³-hybridized carbons (Fsp3) is 1.00. The van der Waals surface area contributed by atoms with Crippen LogP contribution in [-0.2, 0) is 0 Å². The summed E-state index contributed by atoms with van der Waals surface area (Å²) >= 11 is 0. The maximum atomic E-state index is 13.1. The highest BCUT2D eigenvalue weighted by atomic mass is 19.1. The van der Waals surface area contributed by atoms with Crippen LogP contribution < -0.4 is 5.32 Å². The highest BCUT2D eigenvalue weighted by Gasteiger charge is 2.23. The van der Waals surface area contributed by atoms with Crippen molar-refractivity contribution in [3.8, 4) is 0 Å². The summed E-state index contributed by atoms with van der Waals surface area (Å²) in [6.07, 6.45) is 4.58. The standard InChI is InChI=1S/C9H18FN/c1-2-7-11-9-6-4-3-5-8(9)10/h8-9,11H,2-7H2,1H3/t8-,9-/m1/s1. The van der Waals surface area contributed by atoms with Crippen LogP contribution in [0.15, 0.2) is 0 Å². The molecule has 0 aromatic carbocycles. The minimum Gasteiger partial charge on any atom is -0.311 e. The number of rotatable bonds is 3. The summed E-state index contributed by atoms with van der Waals surface area (Å²) in [5, 5.41) is 3.25. The predicted octanol–water partition coefficient (Wildman–Crippen LogP) is 2.27. The fourth-order valence-electron chi connectivity index (χ4n) is 1.65. The lowest BCUT2D eigenvalue weighted by Crippen LogP contribution is -2.40. The first-order valence-electron chi connectivity index (χ1n) is 4.72. The molecule has 0 aromatic rings. The van der Waals surface area contributed by atoms with Crippen molar-refractivity contribution >= 4 is 0 Å².